The Morgan fingerprint density at radius 3 is 2.24 bits per heavy atom. The van der Waals surface area contributed by atoms with E-state index in [1.807, 2.05) is 30.6 Å². The molecule has 0 aliphatic carbocycles. The minimum absolute atomic E-state index is 0.429. The highest BCUT2D eigenvalue weighted by atomic mass is 15.3. The zero-order valence-electron chi connectivity index (χ0n) is 15.6. The van der Waals surface area contributed by atoms with Crippen LogP contribution in [0, 0.1) is 5.92 Å². The summed E-state index contributed by atoms with van der Waals surface area (Å²) in [6.45, 7) is 9.95. The highest BCUT2D eigenvalue weighted by Gasteiger charge is 2.16. The van der Waals surface area contributed by atoms with E-state index < -0.39 is 0 Å². The minimum atomic E-state index is 0.429. The van der Waals surface area contributed by atoms with Crippen LogP contribution in [0.15, 0.2) is 54.9 Å². The molecule has 2 aromatic heterocycles. The molecule has 3 aromatic rings. The molecular formula is C22H27N3. The van der Waals surface area contributed by atoms with Gasteiger partial charge in [0, 0.05) is 35.1 Å². The maximum absolute atomic E-state index is 4.67. The first-order chi connectivity index (χ1) is 12.1. The molecule has 130 valence electrons. The maximum atomic E-state index is 4.67. The van der Waals surface area contributed by atoms with Crippen molar-refractivity contribution < 1.29 is 0 Å². The second-order valence-corrected chi connectivity index (χ2v) is 7.30. The van der Waals surface area contributed by atoms with Gasteiger partial charge in [0.25, 0.3) is 0 Å². The van der Waals surface area contributed by atoms with Gasteiger partial charge in [-0.25, -0.2) is 0 Å². The molecule has 0 fully saturated rings. The average Bonchev–Trinajstić information content (AvgIpc) is 3.05. The third-order valence-electron chi connectivity index (χ3n) is 4.49. The van der Waals surface area contributed by atoms with E-state index in [0.717, 1.165) is 29.8 Å². The van der Waals surface area contributed by atoms with Crippen molar-refractivity contribution in [1.29, 1.82) is 0 Å². The second-order valence-electron chi connectivity index (χ2n) is 7.30. The summed E-state index contributed by atoms with van der Waals surface area (Å²) in [5, 5.41) is 4.66. The molecule has 3 rings (SSSR count). The lowest BCUT2D eigenvalue weighted by Gasteiger charge is -2.14. The third kappa shape index (κ3) is 3.98. The predicted octanol–water partition coefficient (Wildman–Crippen LogP) is 5.78. The predicted molar refractivity (Wildman–Crippen MR) is 104 cm³/mol. The van der Waals surface area contributed by atoms with Crippen molar-refractivity contribution in [1.82, 2.24) is 14.8 Å². The monoisotopic (exact) mass is 333 g/mol. The van der Waals surface area contributed by atoms with Crippen LogP contribution in [-0.4, -0.2) is 14.8 Å². The molecule has 0 aliphatic rings. The Kier molecular flexibility index (Phi) is 5.32. The van der Waals surface area contributed by atoms with E-state index in [4.69, 9.17) is 0 Å². The van der Waals surface area contributed by atoms with Crippen molar-refractivity contribution in [2.75, 3.05) is 0 Å². The molecule has 0 spiro atoms. The number of hydrogen-bond donors (Lipinski definition) is 0. The molecule has 0 radical (unpaired) electrons. The summed E-state index contributed by atoms with van der Waals surface area (Å²) in [6.07, 6.45) is 5.11. The van der Waals surface area contributed by atoms with Crippen molar-refractivity contribution in [3.63, 3.8) is 0 Å². The summed E-state index contributed by atoms with van der Waals surface area (Å²) in [6, 6.07) is 14.5. The molecule has 0 aliphatic heterocycles. The van der Waals surface area contributed by atoms with E-state index in [1.54, 1.807) is 0 Å². The van der Waals surface area contributed by atoms with Gasteiger partial charge in [0.1, 0.15) is 0 Å². The summed E-state index contributed by atoms with van der Waals surface area (Å²) in [7, 11) is 0. The first kappa shape index (κ1) is 17.4. The number of aromatic nitrogens is 3. The van der Waals surface area contributed by atoms with Gasteiger partial charge in [0.15, 0.2) is 0 Å². The van der Waals surface area contributed by atoms with Gasteiger partial charge in [-0.2, -0.15) is 5.10 Å². The molecule has 0 N–H and O–H groups in total. The fourth-order valence-corrected chi connectivity index (χ4v) is 3.12. The second kappa shape index (κ2) is 7.64. The fraction of sp³-hybridized carbons (Fsp3) is 0.364. The normalized spacial score (nSPS) is 11.4. The molecule has 0 atom stereocenters. The Morgan fingerprint density at radius 2 is 1.64 bits per heavy atom. The Bertz CT molecular complexity index is 799. The van der Waals surface area contributed by atoms with Gasteiger partial charge < -0.3 is 0 Å². The molecular weight excluding hydrogens is 306 g/mol. The van der Waals surface area contributed by atoms with Crippen molar-refractivity contribution in [3.8, 4) is 22.4 Å². The topological polar surface area (TPSA) is 30.7 Å². The van der Waals surface area contributed by atoms with E-state index in [-0.39, 0.29) is 0 Å². The van der Waals surface area contributed by atoms with Crippen LogP contribution in [0.2, 0.25) is 0 Å². The SMILES string of the molecule is CC(C)CCn1ncc(-c2ccc(-c3ccccc3)nc2)c1C(C)C. The molecule has 0 unspecified atom stereocenters. The van der Waals surface area contributed by atoms with Crippen LogP contribution < -0.4 is 0 Å². The number of aryl methyl sites for hydroxylation is 1. The molecule has 3 nitrogen and oxygen atoms in total. The molecule has 3 heteroatoms. The zero-order valence-corrected chi connectivity index (χ0v) is 15.6. The van der Waals surface area contributed by atoms with Gasteiger partial charge in [-0.05, 0) is 24.3 Å². The average molecular weight is 333 g/mol. The minimum Gasteiger partial charge on any atom is -0.269 e. The molecule has 0 amide bonds. The summed E-state index contributed by atoms with van der Waals surface area (Å²) in [5.74, 6) is 1.11. The number of pyridine rings is 1. The smallest absolute Gasteiger partial charge is 0.0702 e. The number of benzene rings is 1. The Morgan fingerprint density at radius 1 is 0.880 bits per heavy atom. The number of rotatable bonds is 6. The lowest BCUT2D eigenvalue weighted by molar-refractivity contribution is 0.470. The molecule has 0 saturated carbocycles. The van der Waals surface area contributed by atoms with Gasteiger partial charge in [-0.3, -0.25) is 9.67 Å². The standard InChI is InChI=1S/C22H27N3/c1-16(2)12-13-25-22(17(3)4)20(15-24-25)19-10-11-21(23-14-19)18-8-6-5-7-9-18/h5-11,14-17H,12-13H2,1-4H3. The van der Waals surface area contributed by atoms with Gasteiger partial charge in [-0.1, -0.05) is 64.1 Å². The highest BCUT2D eigenvalue weighted by molar-refractivity contribution is 5.68. The van der Waals surface area contributed by atoms with Crippen LogP contribution in [-0.2, 0) is 6.54 Å². The Labute approximate surface area is 150 Å². The van der Waals surface area contributed by atoms with Crippen molar-refractivity contribution >= 4 is 0 Å². The Hall–Kier alpha value is -2.42. The summed E-state index contributed by atoms with van der Waals surface area (Å²) in [5.41, 5.74) is 5.79. The van der Waals surface area contributed by atoms with Crippen molar-refractivity contribution in [2.24, 2.45) is 5.92 Å². The fourth-order valence-electron chi connectivity index (χ4n) is 3.12. The lowest BCUT2D eigenvalue weighted by Crippen LogP contribution is -2.09. The maximum Gasteiger partial charge on any atom is 0.0702 e. The largest absolute Gasteiger partial charge is 0.269 e. The summed E-state index contributed by atoms with van der Waals surface area (Å²) >= 11 is 0. The van der Waals surface area contributed by atoms with Crippen LogP contribution in [0.4, 0.5) is 0 Å². The highest BCUT2D eigenvalue weighted by Crippen LogP contribution is 2.30. The van der Waals surface area contributed by atoms with E-state index in [2.05, 4.69) is 66.7 Å². The molecule has 1 aromatic carbocycles. The van der Waals surface area contributed by atoms with E-state index in [0.29, 0.717) is 11.8 Å². The lowest BCUT2D eigenvalue weighted by atomic mass is 10.00. The molecule has 2 heterocycles. The first-order valence-electron chi connectivity index (χ1n) is 9.13. The van der Waals surface area contributed by atoms with E-state index >= 15 is 0 Å². The van der Waals surface area contributed by atoms with Crippen LogP contribution in [0.25, 0.3) is 22.4 Å². The summed E-state index contributed by atoms with van der Waals surface area (Å²) in [4.78, 5) is 4.67. The first-order valence-corrected chi connectivity index (χ1v) is 9.13. The van der Waals surface area contributed by atoms with Gasteiger partial charge >= 0.3 is 0 Å². The zero-order chi connectivity index (χ0) is 17.8. The van der Waals surface area contributed by atoms with Crippen molar-refractivity contribution in [3.05, 3.63) is 60.6 Å². The summed E-state index contributed by atoms with van der Waals surface area (Å²) < 4.78 is 2.17. The van der Waals surface area contributed by atoms with Gasteiger partial charge in [0.05, 0.1) is 11.9 Å². The van der Waals surface area contributed by atoms with Gasteiger partial charge in [0.2, 0.25) is 0 Å². The van der Waals surface area contributed by atoms with E-state index in [9.17, 15) is 0 Å². The van der Waals surface area contributed by atoms with E-state index in [1.165, 1.54) is 11.3 Å². The van der Waals surface area contributed by atoms with Crippen LogP contribution in [0.3, 0.4) is 0 Å². The third-order valence-corrected chi connectivity index (χ3v) is 4.49. The Balaban J connectivity index is 1.91. The van der Waals surface area contributed by atoms with Crippen molar-refractivity contribution in [2.45, 2.75) is 46.6 Å². The molecule has 0 saturated heterocycles. The molecule has 25 heavy (non-hydrogen) atoms. The van der Waals surface area contributed by atoms with Crippen LogP contribution >= 0.6 is 0 Å². The van der Waals surface area contributed by atoms with Gasteiger partial charge in [-0.15, -0.1) is 0 Å². The van der Waals surface area contributed by atoms with Crippen LogP contribution in [0.1, 0.15) is 45.7 Å². The number of nitrogens with zero attached hydrogens (tertiary/aromatic N) is 3. The number of hydrogen-bond acceptors (Lipinski definition) is 2. The quantitative estimate of drug-likeness (QED) is 0.572. The molecule has 0 bridgehead atoms. The van der Waals surface area contributed by atoms with Crippen LogP contribution in [0.5, 0.6) is 0 Å².